The predicted octanol–water partition coefficient (Wildman–Crippen LogP) is 3.22. The second-order valence-corrected chi connectivity index (χ2v) is 7.11. The first-order chi connectivity index (χ1) is 14.0. The lowest BCUT2D eigenvalue weighted by Gasteiger charge is -2.17. The van der Waals surface area contributed by atoms with Crippen LogP contribution in [0.3, 0.4) is 0 Å². The zero-order valence-corrected chi connectivity index (χ0v) is 17.1. The highest BCUT2D eigenvalue weighted by Crippen LogP contribution is 2.29. The molecule has 1 atom stereocenters. The zero-order valence-electron chi connectivity index (χ0n) is 17.1. The molecule has 3 rings (SSSR count). The average Bonchev–Trinajstić information content (AvgIpc) is 3.21. The highest BCUT2D eigenvalue weighted by atomic mass is 16.5. The number of aryl methyl sites for hydroxylation is 3. The van der Waals surface area contributed by atoms with Gasteiger partial charge in [-0.15, -0.1) is 0 Å². The summed E-state index contributed by atoms with van der Waals surface area (Å²) in [5.74, 6) is 0.353. The zero-order chi connectivity index (χ0) is 20.8. The Morgan fingerprint density at radius 3 is 2.93 bits per heavy atom. The minimum absolute atomic E-state index is 0.184. The minimum atomic E-state index is -0.662. The van der Waals surface area contributed by atoms with Crippen LogP contribution in [0.4, 0.5) is 0 Å². The number of hydrogen-bond donors (Lipinski definition) is 1. The Morgan fingerprint density at radius 2 is 2.21 bits per heavy atom. The summed E-state index contributed by atoms with van der Waals surface area (Å²) in [5, 5.41) is 3.80. The minimum Gasteiger partial charge on any atom is -0.480 e. The molecule has 1 aromatic carbocycles. The first-order valence-corrected chi connectivity index (χ1v) is 9.96. The standard InChI is InChI=1S/C22H27N3O4/c1-4-6-17-13-20(26)29-21-15(2)19(8-7-18(17)21)28-16(3)22(27)24-9-5-11-25-12-10-23-14-25/h7-8,10,12-14,16H,4-6,9,11H2,1-3H3,(H,24,27)/t16-/m1/s1. The second-order valence-electron chi connectivity index (χ2n) is 7.11. The van der Waals surface area contributed by atoms with E-state index in [2.05, 4.69) is 17.2 Å². The molecule has 154 valence electrons. The van der Waals surface area contributed by atoms with Crippen molar-refractivity contribution in [3.8, 4) is 5.75 Å². The summed E-state index contributed by atoms with van der Waals surface area (Å²) in [6.45, 7) is 6.96. The summed E-state index contributed by atoms with van der Waals surface area (Å²) in [6.07, 6.45) is 7.25. The van der Waals surface area contributed by atoms with Gasteiger partial charge in [-0.25, -0.2) is 9.78 Å². The van der Waals surface area contributed by atoms with Gasteiger partial charge in [0.2, 0.25) is 0 Å². The normalized spacial score (nSPS) is 12.1. The maximum Gasteiger partial charge on any atom is 0.336 e. The molecule has 3 aromatic rings. The molecule has 0 saturated carbocycles. The van der Waals surface area contributed by atoms with Gasteiger partial charge in [-0.3, -0.25) is 4.79 Å². The van der Waals surface area contributed by atoms with E-state index in [1.165, 1.54) is 0 Å². The quantitative estimate of drug-likeness (QED) is 0.443. The number of fused-ring (bicyclic) bond motifs is 1. The lowest BCUT2D eigenvalue weighted by atomic mass is 10.0. The van der Waals surface area contributed by atoms with Crippen LogP contribution < -0.4 is 15.7 Å². The Kier molecular flexibility index (Phi) is 6.69. The molecule has 0 aliphatic heterocycles. The molecule has 29 heavy (non-hydrogen) atoms. The van der Waals surface area contributed by atoms with Crippen molar-refractivity contribution < 1.29 is 13.9 Å². The number of nitrogens with zero attached hydrogens (tertiary/aromatic N) is 2. The van der Waals surface area contributed by atoms with E-state index in [-0.39, 0.29) is 11.5 Å². The Labute approximate surface area is 169 Å². The average molecular weight is 397 g/mol. The van der Waals surface area contributed by atoms with E-state index in [0.29, 0.717) is 17.9 Å². The first kappa shape index (κ1) is 20.6. The van der Waals surface area contributed by atoms with Crippen LogP contribution in [0.15, 0.2) is 46.1 Å². The molecule has 0 saturated heterocycles. The Bertz CT molecular complexity index is 1020. The molecular weight excluding hydrogens is 370 g/mol. The van der Waals surface area contributed by atoms with Crippen molar-refractivity contribution >= 4 is 16.9 Å². The maximum atomic E-state index is 12.3. The molecule has 1 amide bonds. The molecule has 0 unspecified atom stereocenters. The fourth-order valence-electron chi connectivity index (χ4n) is 3.29. The van der Waals surface area contributed by atoms with Crippen LogP contribution in [0.25, 0.3) is 11.0 Å². The van der Waals surface area contributed by atoms with Crippen molar-refractivity contribution in [3.05, 3.63) is 58.5 Å². The van der Waals surface area contributed by atoms with Crippen molar-refractivity contribution in [2.75, 3.05) is 6.54 Å². The van der Waals surface area contributed by atoms with E-state index in [9.17, 15) is 9.59 Å². The first-order valence-electron chi connectivity index (χ1n) is 9.96. The molecule has 2 aromatic heterocycles. The number of rotatable bonds is 9. The van der Waals surface area contributed by atoms with Gasteiger partial charge in [0, 0.05) is 42.5 Å². The molecule has 2 heterocycles. The van der Waals surface area contributed by atoms with Crippen LogP contribution in [-0.4, -0.2) is 28.1 Å². The molecule has 1 N–H and O–H groups in total. The predicted molar refractivity (Wildman–Crippen MR) is 111 cm³/mol. The fourth-order valence-corrected chi connectivity index (χ4v) is 3.29. The Balaban J connectivity index is 1.64. The number of carbonyl (C=O) groups is 1. The summed E-state index contributed by atoms with van der Waals surface area (Å²) in [5.41, 5.74) is 1.84. The van der Waals surface area contributed by atoms with Gasteiger partial charge in [0.1, 0.15) is 11.3 Å². The number of amides is 1. The fraction of sp³-hybridized carbons (Fsp3) is 0.409. The lowest BCUT2D eigenvalue weighted by molar-refractivity contribution is -0.127. The number of ether oxygens (including phenoxy) is 1. The van der Waals surface area contributed by atoms with Gasteiger partial charge in [-0.2, -0.15) is 0 Å². The van der Waals surface area contributed by atoms with E-state index < -0.39 is 6.10 Å². The van der Waals surface area contributed by atoms with Crippen LogP contribution in [0.5, 0.6) is 5.75 Å². The van der Waals surface area contributed by atoms with Gasteiger partial charge in [-0.1, -0.05) is 13.3 Å². The largest absolute Gasteiger partial charge is 0.480 e. The van der Waals surface area contributed by atoms with Crippen LogP contribution >= 0.6 is 0 Å². The smallest absolute Gasteiger partial charge is 0.336 e. The Morgan fingerprint density at radius 1 is 1.38 bits per heavy atom. The van der Waals surface area contributed by atoms with Crippen molar-refractivity contribution in [1.29, 1.82) is 0 Å². The number of carbonyl (C=O) groups excluding carboxylic acids is 1. The highest BCUT2D eigenvalue weighted by molar-refractivity contribution is 5.85. The Hall–Kier alpha value is -3.09. The van der Waals surface area contributed by atoms with Crippen molar-refractivity contribution in [2.45, 2.75) is 52.7 Å². The molecule has 0 aliphatic rings. The summed E-state index contributed by atoms with van der Waals surface area (Å²) in [4.78, 5) is 28.3. The van der Waals surface area contributed by atoms with Crippen molar-refractivity contribution in [1.82, 2.24) is 14.9 Å². The molecule has 7 heteroatoms. The van der Waals surface area contributed by atoms with E-state index in [4.69, 9.17) is 9.15 Å². The number of benzene rings is 1. The SMILES string of the molecule is CCCc1cc(=O)oc2c(C)c(O[C@H](C)C(=O)NCCCn3ccnc3)ccc12. The third-order valence-electron chi connectivity index (χ3n) is 4.84. The van der Waals surface area contributed by atoms with E-state index in [0.717, 1.165) is 42.3 Å². The van der Waals surface area contributed by atoms with Gasteiger partial charge in [-0.05, 0) is 44.4 Å². The summed E-state index contributed by atoms with van der Waals surface area (Å²) in [6, 6.07) is 5.27. The summed E-state index contributed by atoms with van der Waals surface area (Å²) < 4.78 is 13.3. The molecular formula is C22H27N3O4. The number of nitrogens with one attached hydrogen (secondary N) is 1. The van der Waals surface area contributed by atoms with E-state index in [1.54, 1.807) is 25.5 Å². The summed E-state index contributed by atoms with van der Waals surface area (Å²) >= 11 is 0. The van der Waals surface area contributed by atoms with Crippen molar-refractivity contribution in [2.24, 2.45) is 0 Å². The monoisotopic (exact) mass is 397 g/mol. The van der Waals surface area contributed by atoms with Crippen LogP contribution in [0, 0.1) is 6.92 Å². The van der Waals surface area contributed by atoms with Gasteiger partial charge in [0.15, 0.2) is 6.10 Å². The van der Waals surface area contributed by atoms with Crippen LogP contribution in [-0.2, 0) is 17.8 Å². The topological polar surface area (TPSA) is 86.4 Å². The van der Waals surface area contributed by atoms with E-state index in [1.807, 2.05) is 29.8 Å². The molecule has 0 aliphatic carbocycles. The van der Waals surface area contributed by atoms with Crippen LogP contribution in [0.1, 0.15) is 37.8 Å². The van der Waals surface area contributed by atoms with Gasteiger partial charge in [0.25, 0.3) is 5.91 Å². The van der Waals surface area contributed by atoms with Crippen molar-refractivity contribution in [3.63, 3.8) is 0 Å². The second kappa shape index (κ2) is 9.41. The van der Waals surface area contributed by atoms with E-state index >= 15 is 0 Å². The number of aromatic nitrogens is 2. The number of imidazole rings is 1. The van der Waals surface area contributed by atoms with Gasteiger partial charge < -0.3 is 19.0 Å². The van der Waals surface area contributed by atoms with Gasteiger partial charge >= 0.3 is 5.63 Å². The molecule has 7 nitrogen and oxygen atoms in total. The lowest BCUT2D eigenvalue weighted by Crippen LogP contribution is -2.37. The molecule has 0 radical (unpaired) electrons. The summed E-state index contributed by atoms with van der Waals surface area (Å²) in [7, 11) is 0. The molecule has 0 spiro atoms. The third kappa shape index (κ3) is 5.04. The maximum absolute atomic E-state index is 12.3. The molecule has 0 bridgehead atoms. The third-order valence-corrected chi connectivity index (χ3v) is 4.84. The van der Waals surface area contributed by atoms with Gasteiger partial charge in [0.05, 0.1) is 6.33 Å². The number of hydrogen-bond acceptors (Lipinski definition) is 5. The van der Waals surface area contributed by atoms with Crippen LogP contribution in [0.2, 0.25) is 0 Å². The highest BCUT2D eigenvalue weighted by Gasteiger charge is 2.17. The molecule has 0 fully saturated rings.